The standard InChI is InChI=1S/C14H25N/c1-10(2)8-15-6-5-13-11-3-4-12(7-11)14(13)9-15/h10-14H,3-9H2,1-2H3/t11-,12+,13-,14+/m1/s1. The maximum absolute atomic E-state index is 2.74. The van der Waals surface area contributed by atoms with Gasteiger partial charge in [-0.05, 0) is 61.8 Å². The third-order valence-corrected chi connectivity index (χ3v) is 5.15. The quantitative estimate of drug-likeness (QED) is 0.673. The van der Waals surface area contributed by atoms with Crippen LogP contribution in [-0.4, -0.2) is 24.5 Å². The Labute approximate surface area is 94.2 Å². The maximum Gasteiger partial charge on any atom is 0.00152 e. The number of nitrogens with zero attached hydrogens (tertiary/aromatic N) is 1. The van der Waals surface area contributed by atoms with Gasteiger partial charge in [0.1, 0.15) is 0 Å². The molecular formula is C14H25N. The van der Waals surface area contributed by atoms with Gasteiger partial charge in [-0.1, -0.05) is 13.8 Å². The molecule has 2 saturated carbocycles. The fraction of sp³-hybridized carbons (Fsp3) is 1.00. The van der Waals surface area contributed by atoms with E-state index in [4.69, 9.17) is 0 Å². The molecule has 0 aromatic heterocycles. The summed E-state index contributed by atoms with van der Waals surface area (Å²) in [5.74, 6) is 5.33. The zero-order valence-corrected chi connectivity index (χ0v) is 10.3. The summed E-state index contributed by atoms with van der Waals surface area (Å²) < 4.78 is 0. The summed E-state index contributed by atoms with van der Waals surface area (Å²) >= 11 is 0. The maximum atomic E-state index is 2.74. The lowest BCUT2D eigenvalue weighted by molar-refractivity contribution is 0.0719. The van der Waals surface area contributed by atoms with E-state index in [0.29, 0.717) is 0 Å². The molecule has 0 radical (unpaired) electrons. The number of hydrogen-bond donors (Lipinski definition) is 0. The number of likely N-dealkylation sites (tertiary alicyclic amines) is 1. The highest BCUT2D eigenvalue weighted by molar-refractivity contribution is 4.99. The van der Waals surface area contributed by atoms with Crippen molar-refractivity contribution < 1.29 is 0 Å². The summed E-state index contributed by atoms with van der Waals surface area (Å²) in [5.41, 5.74) is 0. The van der Waals surface area contributed by atoms with Gasteiger partial charge in [0, 0.05) is 13.1 Å². The Kier molecular flexibility index (Phi) is 2.54. The Balaban J connectivity index is 1.63. The molecule has 15 heavy (non-hydrogen) atoms. The molecule has 3 aliphatic rings. The second-order valence-corrected chi connectivity index (χ2v) is 6.60. The third-order valence-electron chi connectivity index (χ3n) is 5.15. The molecule has 0 amide bonds. The van der Waals surface area contributed by atoms with E-state index in [-0.39, 0.29) is 0 Å². The molecule has 2 aliphatic carbocycles. The van der Waals surface area contributed by atoms with Gasteiger partial charge in [-0.2, -0.15) is 0 Å². The molecule has 0 aromatic carbocycles. The number of fused-ring (bicyclic) bond motifs is 5. The second kappa shape index (κ2) is 3.76. The zero-order valence-electron chi connectivity index (χ0n) is 10.3. The first-order chi connectivity index (χ1) is 7.24. The van der Waals surface area contributed by atoms with E-state index in [0.717, 1.165) is 29.6 Å². The van der Waals surface area contributed by atoms with Gasteiger partial charge in [0.05, 0.1) is 0 Å². The average Bonchev–Trinajstić information content (AvgIpc) is 2.76. The first-order valence-corrected chi connectivity index (χ1v) is 6.96. The molecule has 1 heteroatoms. The summed E-state index contributed by atoms with van der Waals surface area (Å²) in [5, 5.41) is 0. The fourth-order valence-corrected chi connectivity index (χ4v) is 4.67. The predicted octanol–water partition coefficient (Wildman–Crippen LogP) is 3.01. The molecule has 0 aromatic rings. The molecule has 1 aliphatic heterocycles. The van der Waals surface area contributed by atoms with Crippen molar-refractivity contribution in [3.63, 3.8) is 0 Å². The topological polar surface area (TPSA) is 3.24 Å². The lowest BCUT2D eigenvalue weighted by atomic mass is 9.75. The molecule has 2 bridgehead atoms. The van der Waals surface area contributed by atoms with Crippen molar-refractivity contribution in [1.82, 2.24) is 4.90 Å². The van der Waals surface area contributed by atoms with Gasteiger partial charge in [0.25, 0.3) is 0 Å². The van der Waals surface area contributed by atoms with Gasteiger partial charge in [-0.3, -0.25) is 0 Å². The zero-order chi connectivity index (χ0) is 10.4. The molecule has 4 atom stereocenters. The van der Waals surface area contributed by atoms with Crippen LogP contribution in [0.4, 0.5) is 0 Å². The van der Waals surface area contributed by atoms with E-state index in [1.165, 1.54) is 26.1 Å². The lowest BCUT2D eigenvalue weighted by Crippen LogP contribution is -2.44. The molecule has 1 nitrogen and oxygen atoms in total. The monoisotopic (exact) mass is 207 g/mol. The number of rotatable bonds is 2. The molecule has 3 fully saturated rings. The smallest absolute Gasteiger partial charge is 0.00152 e. The van der Waals surface area contributed by atoms with Crippen molar-refractivity contribution in [2.45, 2.75) is 39.5 Å². The summed E-state index contributed by atoms with van der Waals surface area (Å²) in [7, 11) is 0. The SMILES string of the molecule is CC(C)CN1CC[C@@H]2[C@@H]3CC[C@@H](C3)[C@@H]2C1. The van der Waals surface area contributed by atoms with Crippen LogP contribution in [0.1, 0.15) is 39.5 Å². The van der Waals surface area contributed by atoms with E-state index >= 15 is 0 Å². The average molecular weight is 207 g/mol. The van der Waals surface area contributed by atoms with Gasteiger partial charge in [0.2, 0.25) is 0 Å². The van der Waals surface area contributed by atoms with Gasteiger partial charge in [-0.15, -0.1) is 0 Å². The number of hydrogen-bond acceptors (Lipinski definition) is 1. The normalized spacial score (nSPS) is 45.0. The molecule has 1 heterocycles. The van der Waals surface area contributed by atoms with Gasteiger partial charge in [0.15, 0.2) is 0 Å². The largest absolute Gasteiger partial charge is 0.303 e. The lowest BCUT2D eigenvalue weighted by Gasteiger charge is -2.41. The van der Waals surface area contributed by atoms with Crippen LogP contribution in [0, 0.1) is 29.6 Å². The van der Waals surface area contributed by atoms with E-state index < -0.39 is 0 Å². The van der Waals surface area contributed by atoms with Crippen LogP contribution in [0.3, 0.4) is 0 Å². The summed E-state index contributed by atoms with van der Waals surface area (Å²) in [6, 6.07) is 0. The number of piperidine rings is 1. The van der Waals surface area contributed by atoms with Gasteiger partial charge >= 0.3 is 0 Å². The van der Waals surface area contributed by atoms with E-state index in [1.54, 1.807) is 19.3 Å². The molecule has 86 valence electrons. The first-order valence-electron chi connectivity index (χ1n) is 6.96. The minimum atomic E-state index is 0.847. The van der Waals surface area contributed by atoms with Crippen molar-refractivity contribution in [2.75, 3.05) is 19.6 Å². The first kappa shape index (κ1) is 10.1. The summed E-state index contributed by atoms with van der Waals surface area (Å²) in [6.07, 6.45) is 6.22. The highest BCUT2D eigenvalue weighted by Crippen LogP contribution is 2.54. The van der Waals surface area contributed by atoms with E-state index in [9.17, 15) is 0 Å². The van der Waals surface area contributed by atoms with Crippen LogP contribution in [0.2, 0.25) is 0 Å². The molecule has 0 unspecified atom stereocenters. The van der Waals surface area contributed by atoms with Crippen molar-refractivity contribution in [2.24, 2.45) is 29.6 Å². The summed E-state index contributed by atoms with van der Waals surface area (Å²) in [6.45, 7) is 8.87. The Bertz CT molecular complexity index is 235. The molecular weight excluding hydrogens is 182 g/mol. The van der Waals surface area contributed by atoms with Crippen LogP contribution in [0.25, 0.3) is 0 Å². The van der Waals surface area contributed by atoms with E-state index in [1.807, 2.05) is 0 Å². The van der Waals surface area contributed by atoms with Crippen LogP contribution in [0.15, 0.2) is 0 Å². The Morgan fingerprint density at radius 3 is 2.53 bits per heavy atom. The Morgan fingerprint density at radius 1 is 1.07 bits per heavy atom. The highest BCUT2D eigenvalue weighted by atomic mass is 15.1. The molecule has 0 spiro atoms. The molecule has 3 rings (SSSR count). The van der Waals surface area contributed by atoms with Crippen LogP contribution in [-0.2, 0) is 0 Å². The Hall–Kier alpha value is -0.0400. The predicted molar refractivity (Wildman–Crippen MR) is 63.7 cm³/mol. The van der Waals surface area contributed by atoms with Crippen molar-refractivity contribution in [3.05, 3.63) is 0 Å². The summed E-state index contributed by atoms with van der Waals surface area (Å²) in [4.78, 5) is 2.74. The minimum Gasteiger partial charge on any atom is -0.303 e. The van der Waals surface area contributed by atoms with Crippen molar-refractivity contribution in [3.8, 4) is 0 Å². The molecule has 0 N–H and O–H groups in total. The molecule has 1 saturated heterocycles. The van der Waals surface area contributed by atoms with Gasteiger partial charge in [-0.25, -0.2) is 0 Å². The third kappa shape index (κ3) is 1.73. The Morgan fingerprint density at radius 2 is 1.80 bits per heavy atom. The fourth-order valence-electron chi connectivity index (χ4n) is 4.67. The second-order valence-electron chi connectivity index (χ2n) is 6.60. The minimum absolute atomic E-state index is 0.847. The van der Waals surface area contributed by atoms with Crippen LogP contribution >= 0.6 is 0 Å². The van der Waals surface area contributed by atoms with Gasteiger partial charge < -0.3 is 4.90 Å². The van der Waals surface area contributed by atoms with Crippen molar-refractivity contribution >= 4 is 0 Å². The van der Waals surface area contributed by atoms with E-state index in [2.05, 4.69) is 18.7 Å². The van der Waals surface area contributed by atoms with Crippen molar-refractivity contribution in [1.29, 1.82) is 0 Å². The van der Waals surface area contributed by atoms with Crippen LogP contribution < -0.4 is 0 Å². The highest BCUT2D eigenvalue weighted by Gasteiger charge is 2.49. The van der Waals surface area contributed by atoms with Crippen LogP contribution in [0.5, 0.6) is 0 Å².